The number of aliphatic hydroxyl groups is 1. The molecule has 2 saturated heterocycles. The first kappa shape index (κ1) is 27.8. The van der Waals surface area contributed by atoms with Gasteiger partial charge in [-0.05, 0) is 54.5 Å². The van der Waals surface area contributed by atoms with Gasteiger partial charge in [0.05, 0.1) is 22.5 Å². The van der Waals surface area contributed by atoms with Gasteiger partial charge in [-0.3, -0.25) is 24.8 Å². The SMILES string of the molecule is CC1(C)CN(Cc2ccc(C3(C(F)F)CC3)cc2)CC[C@@]1(O)c1ccc2ncc([C@@H]3CCC(=O)NC3=O)cc2c1F. The van der Waals surface area contributed by atoms with Gasteiger partial charge in [-0.15, -0.1) is 0 Å². The minimum atomic E-state index is -2.36. The first-order valence-electron chi connectivity index (χ1n) is 14.2. The van der Waals surface area contributed by atoms with Crippen LogP contribution in [0.1, 0.15) is 74.1 Å². The second-order valence-corrected chi connectivity index (χ2v) is 12.6. The molecule has 9 heteroatoms. The molecule has 0 radical (unpaired) electrons. The van der Waals surface area contributed by atoms with E-state index in [4.69, 9.17) is 0 Å². The zero-order chi connectivity index (χ0) is 29.2. The first-order chi connectivity index (χ1) is 19.4. The van der Waals surface area contributed by atoms with Crippen LogP contribution in [0.5, 0.6) is 0 Å². The molecule has 1 aromatic heterocycles. The van der Waals surface area contributed by atoms with Crippen molar-refractivity contribution in [3.8, 4) is 0 Å². The van der Waals surface area contributed by atoms with Crippen LogP contribution < -0.4 is 5.32 Å². The summed E-state index contributed by atoms with van der Waals surface area (Å²) in [5.74, 6) is -1.88. The lowest BCUT2D eigenvalue weighted by Gasteiger charge is -2.50. The smallest absolute Gasteiger partial charge is 0.248 e. The van der Waals surface area contributed by atoms with Gasteiger partial charge >= 0.3 is 0 Å². The van der Waals surface area contributed by atoms with E-state index in [1.54, 1.807) is 24.4 Å². The van der Waals surface area contributed by atoms with Gasteiger partial charge in [0.2, 0.25) is 18.2 Å². The maximum absolute atomic E-state index is 16.2. The van der Waals surface area contributed by atoms with E-state index in [0.717, 1.165) is 5.56 Å². The number of likely N-dealkylation sites (tertiary alicyclic amines) is 1. The fraction of sp³-hybridized carbons (Fsp3) is 0.469. The fourth-order valence-electron chi connectivity index (χ4n) is 6.73. The Morgan fingerprint density at radius 2 is 1.83 bits per heavy atom. The number of nitrogens with one attached hydrogen (secondary N) is 1. The van der Waals surface area contributed by atoms with Crippen molar-refractivity contribution in [2.45, 2.75) is 75.9 Å². The van der Waals surface area contributed by atoms with Gasteiger partial charge in [0, 0.05) is 48.6 Å². The van der Waals surface area contributed by atoms with Gasteiger partial charge in [0.25, 0.3) is 0 Å². The van der Waals surface area contributed by atoms with E-state index < -0.39 is 40.5 Å². The number of benzene rings is 2. The number of imide groups is 1. The molecule has 1 aliphatic carbocycles. The summed E-state index contributed by atoms with van der Waals surface area (Å²) in [6, 6.07) is 12.3. The van der Waals surface area contributed by atoms with Crippen molar-refractivity contribution in [2.24, 2.45) is 5.41 Å². The number of rotatable bonds is 6. The van der Waals surface area contributed by atoms with Gasteiger partial charge < -0.3 is 5.11 Å². The standard InChI is InChI=1S/C32H34F3N3O3/c1-30(2)18-38(17-19-3-5-21(6-4-19)31(11-12-31)29(34)35)14-13-32(30,41)24-8-9-25-23(27(24)33)15-20(16-36-25)22-7-10-26(39)37-28(22)40/h3-6,8-9,15-16,22,29,41H,7,10-14,17-18H2,1-2H3,(H,37,39,40)/t22-,32+/m0/s1. The number of hydrogen-bond acceptors (Lipinski definition) is 5. The fourth-order valence-corrected chi connectivity index (χ4v) is 6.73. The number of amides is 2. The van der Waals surface area contributed by atoms with Crippen molar-refractivity contribution in [3.05, 3.63) is 76.7 Å². The molecule has 3 heterocycles. The van der Waals surface area contributed by atoms with Gasteiger partial charge in [0.15, 0.2) is 0 Å². The number of fused-ring (bicyclic) bond motifs is 1. The van der Waals surface area contributed by atoms with Crippen LogP contribution in [0.25, 0.3) is 10.9 Å². The Morgan fingerprint density at radius 1 is 1.10 bits per heavy atom. The molecule has 0 unspecified atom stereocenters. The molecule has 216 valence electrons. The highest BCUT2D eigenvalue weighted by Crippen LogP contribution is 2.53. The van der Waals surface area contributed by atoms with Crippen LogP contribution in [-0.4, -0.2) is 46.3 Å². The quantitative estimate of drug-likeness (QED) is 0.396. The number of carbonyl (C=O) groups is 2. The Hall–Kier alpha value is -3.30. The highest BCUT2D eigenvalue weighted by atomic mass is 19.3. The van der Waals surface area contributed by atoms with Crippen LogP contribution in [0.15, 0.2) is 48.7 Å². The Kier molecular flexibility index (Phi) is 6.73. The molecule has 3 aromatic rings. The van der Waals surface area contributed by atoms with Crippen molar-refractivity contribution >= 4 is 22.7 Å². The molecule has 6 rings (SSSR count). The summed E-state index contributed by atoms with van der Waals surface area (Å²) in [7, 11) is 0. The summed E-state index contributed by atoms with van der Waals surface area (Å²) in [5, 5.41) is 14.6. The number of alkyl halides is 2. The zero-order valence-corrected chi connectivity index (χ0v) is 23.2. The minimum Gasteiger partial charge on any atom is -0.384 e. The number of piperidine rings is 2. The van der Waals surface area contributed by atoms with Crippen LogP contribution >= 0.6 is 0 Å². The molecule has 3 fully saturated rings. The molecule has 0 bridgehead atoms. The maximum Gasteiger partial charge on any atom is 0.248 e. The minimum absolute atomic E-state index is 0.197. The molecular weight excluding hydrogens is 531 g/mol. The van der Waals surface area contributed by atoms with E-state index in [1.807, 2.05) is 38.1 Å². The number of carbonyl (C=O) groups excluding carboxylic acids is 2. The summed E-state index contributed by atoms with van der Waals surface area (Å²) in [6.07, 6.45) is 1.07. The Morgan fingerprint density at radius 3 is 2.46 bits per heavy atom. The van der Waals surface area contributed by atoms with E-state index in [0.29, 0.717) is 62.0 Å². The normalized spacial score (nSPS) is 25.9. The monoisotopic (exact) mass is 565 g/mol. The third-order valence-corrected chi connectivity index (χ3v) is 9.58. The van der Waals surface area contributed by atoms with Gasteiger partial charge in [-0.25, -0.2) is 13.2 Å². The molecular formula is C32H34F3N3O3. The molecule has 0 spiro atoms. The van der Waals surface area contributed by atoms with E-state index in [9.17, 15) is 23.5 Å². The van der Waals surface area contributed by atoms with Gasteiger partial charge in [-0.1, -0.05) is 44.2 Å². The third-order valence-electron chi connectivity index (χ3n) is 9.58. The summed E-state index contributed by atoms with van der Waals surface area (Å²) in [4.78, 5) is 30.5. The Bertz CT molecular complexity index is 1520. The van der Waals surface area contributed by atoms with E-state index in [1.165, 1.54) is 0 Å². The maximum atomic E-state index is 16.2. The predicted molar refractivity (Wildman–Crippen MR) is 148 cm³/mol. The third kappa shape index (κ3) is 4.73. The first-order valence-corrected chi connectivity index (χ1v) is 14.2. The van der Waals surface area contributed by atoms with Crippen molar-refractivity contribution in [2.75, 3.05) is 13.1 Å². The second-order valence-electron chi connectivity index (χ2n) is 12.6. The van der Waals surface area contributed by atoms with Gasteiger partial charge in [0.1, 0.15) is 5.82 Å². The zero-order valence-electron chi connectivity index (χ0n) is 23.2. The highest BCUT2D eigenvalue weighted by molar-refractivity contribution is 6.01. The summed E-state index contributed by atoms with van der Waals surface area (Å²) >= 11 is 0. The van der Waals surface area contributed by atoms with Crippen LogP contribution in [0.4, 0.5) is 13.2 Å². The molecule has 2 N–H and O–H groups in total. The molecule has 6 nitrogen and oxygen atoms in total. The number of pyridine rings is 1. The average Bonchev–Trinajstić information content (AvgIpc) is 3.74. The summed E-state index contributed by atoms with van der Waals surface area (Å²) in [6.45, 7) is 5.46. The second kappa shape index (κ2) is 9.91. The summed E-state index contributed by atoms with van der Waals surface area (Å²) in [5.41, 5.74) is -0.312. The van der Waals surface area contributed by atoms with Crippen LogP contribution in [0, 0.1) is 11.2 Å². The Balaban J connectivity index is 1.22. The van der Waals surface area contributed by atoms with Crippen molar-refractivity contribution in [3.63, 3.8) is 0 Å². The highest BCUT2D eigenvalue weighted by Gasteiger charge is 2.52. The van der Waals surface area contributed by atoms with E-state index in [2.05, 4.69) is 15.2 Å². The lowest BCUT2D eigenvalue weighted by atomic mass is 9.66. The molecule has 41 heavy (non-hydrogen) atoms. The van der Waals surface area contributed by atoms with Crippen LogP contribution in [-0.2, 0) is 27.1 Å². The molecule has 2 amide bonds. The number of halogens is 3. The van der Waals surface area contributed by atoms with E-state index >= 15 is 4.39 Å². The van der Waals surface area contributed by atoms with Crippen molar-refractivity contribution in [1.82, 2.24) is 15.2 Å². The molecule has 1 saturated carbocycles. The van der Waals surface area contributed by atoms with Crippen molar-refractivity contribution in [1.29, 1.82) is 0 Å². The van der Waals surface area contributed by atoms with Crippen LogP contribution in [0.3, 0.4) is 0 Å². The lowest BCUT2D eigenvalue weighted by Crippen LogP contribution is -2.55. The molecule has 2 aromatic carbocycles. The molecule has 2 aliphatic heterocycles. The summed E-state index contributed by atoms with van der Waals surface area (Å²) < 4.78 is 43.1. The van der Waals surface area contributed by atoms with Crippen molar-refractivity contribution < 1.29 is 27.9 Å². The van der Waals surface area contributed by atoms with Crippen LogP contribution in [0.2, 0.25) is 0 Å². The number of hydrogen-bond donors (Lipinski definition) is 2. The predicted octanol–water partition coefficient (Wildman–Crippen LogP) is 5.31. The molecule has 3 aliphatic rings. The lowest BCUT2D eigenvalue weighted by molar-refractivity contribution is -0.134. The molecule has 2 atom stereocenters. The topological polar surface area (TPSA) is 82.5 Å². The number of aromatic nitrogens is 1. The Labute approximate surface area is 236 Å². The number of nitrogens with zero attached hydrogens (tertiary/aromatic N) is 2. The largest absolute Gasteiger partial charge is 0.384 e. The average molecular weight is 566 g/mol. The van der Waals surface area contributed by atoms with Gasteiger partial charge in [-0.2, -0.15) is 0 Å². The van der Waals surface area contributed by atoms with E-state index in [-0.39, 0.29) is 23.3 Å².